The third kappa shape index (κ3) is 1.10. The summed E-state index contributed by atoms with van der Waals surface area (Å²) < 4.78 is 2.13. The Hall–Kier alpha value is -1.05. The van der Waals surface area contributed by atoms with Crippen molar-refractivity contribution in [3.8, 4) is 0 Å². The first-order valence-corrected chi connectivity index (χ1v) is 3.46. The highest BCUT2D eigenvalue weighted by Crippen LogP contribution is 1.95. The summed E-state index contributed by atoms with van der Waals surface area (Å²) in [7, 11) is 0. The summed E-state index contributed by atoms with van der Waals surface area (Å²) in [4.78, 5) is 3.08. The van der Waals surface area contributed by atoms with Gasteiger partial charge in [0, 0.05) is 6.08 Å². The number of rotatable bonds is 2. The Morgan fingerprint density at radius 1 is 1.70 bits per heavy atom. The molecule has 2 nitrogen and oxygen atoms in total. The molecular weight excluding hydrogens is 124 g/mol. The lowest BCUT2D eigenvalue weighted by Crippen LogP contribution is -2.36. The van der Waals surface area contributed by atoms with E-state index in [9.17, 15) is 0 Å². The summed E-state index contributed by atoms with van der Waals surface area (Å²) in [6, 6.07) is 0.499. The van der Waals surface area contributed by atoms with Crippen LogP contribution < -0.4 is 4.57 Å². The summed E-state index contributed by atoms with van der Waals surface area (Å²) in [5, 5.41) is 0. The summed E-state index contributed by atoms with van der Waals surface area (Å²) in [5.74, 6) is 1.06. The van der Waals surface area contributed by atoms with Crippen LogP contribution in [0.4, 0.5) is 0 Å². The van der Waals surface area contributed by atoms with Crippen molar-refractivity contribution in [2.45, 2.75) is 19.9 Å². The lowest BCUT2D eigenvalue weighted by Gasteiger charge is -1.99. The molecule has 0 saturated carbocycles. The predicted molar refractivity (Wildman–Crippen MR) is 41.5 cm³/mol. The maximum atomic E-state index is 3.69. The van der Waals surface area contributed by atoms with Crippen molar-refractivity contribution in [3.63, 3.8) is 0 Å². The lowest BCUT2D eigenvalue weighted by atomic mass is 10.4. The highest BCUT2D eigenvalue weighted by Gasteiger charge is 2.08. The van der Waals surface area contributed by atoms with Gasteiger partial charge < -0.3 is 0 Å². The quantitative estimate of drug-likeness (QED) is 0.596. The van der Waals surface area contributed by atoms with Crippen LogP contribution in [0.1, 0.15) is 25.7 Å². The van der Waals surface area contributed by atoms with E-state index >= 15 is 0 Å². The third-order valence-electron chi connectivity index (χ3n) is 1.49. The van der Waals surface area contributed by atoms with Crippen LogP contribution >= 0.6 is 0 Å². The number of nitrogens with one attached hydrogen (secondary N) is 1. The maximum absolute atomic E-state index is 3.69. The fourth-order valence-corrected chi connectivity index (χ4v) is 0.972. The Labute approximate surface area is 61.2 Å². The minimum absolute atomic E-state index is 0.499. The van der Waals surface area contributed by atoms with Crippen LogP contribution in [0.2, 0.25) is 0 Å². The Balaban J connectivity index is 3.01. The summed E-state index contributed by atoms with van der Waals surface area (Å²) in [5.41, 5.74) is 0. The summed E-state index contributed by atoms with van der Waals surface area (Å²) >= 11 is 0. The zero-order chi connectivity index (χ0) is 7.56. The first-order chi connectivity index (χ1) is 4.75. The standard InChI is InChI=1S/C8H12N2/c1-4-8-9-5-6-10(8)7(2)3/h4-7H,1H2,2-3H3/p+1. The van der Waals surface area contributed by atoms with E-state index in [0.717, 1.165) is 5.82 Å². The van der Waals surface area contributed by atoms with Crippen molar-refractivity contribution in [1.82, 2.24) is 4.98 Å². The van der Waals surface area contributed by atoms with E-state index in [2.05, 4.69) is 30.0 Å². The number of nitrogens with zero attached hydrogens (tertiary/aromatic N) is 1. The van der Waals surface area contributed by atoms with E-state index in [0.29, 0.717) is 6.04 Å². The van der Waals surface area contributed by atoms with Crippen molar-refractivity contribution in [2.24, 2.45) is 0 Å². The van der Waals surface area contributed by atoms with Gasteiger partial charge in [-0.2, -0.15) is 0 Å². The van der Waals surface area contributed by atoms with Crippen LogP contribution in [-0.4, -0.2) is 4.98 Å². The molecule has 0 spiro atoms. The molecule has 10 heavy (non-hydrogen) atoms. The van der Waals surface area contributed by atoms with Crippen LogP contribution in [0.25, 0.3) is 6.08 Å². The molecule has 0 bridgehead atoms. The minimum atomic E-state index is 0.499. The van der Waals surface area contributed by atoms with Gasteiger partial charge in [0.25, 0.3) is 5.82 Å². The molecule has 1 rings (SSSR count). The van der Waals surface area contributed by atoms with Gasteiger partial charge >= 0.3 is 0 Å². The van der Waals surface area contributed by atoms with Gasteiger partial charge in [-0.15, -0.1) is 0 Å². The smallest absolute Gasteiger partial charge is 0.244 e. The van der Waals surface area contributed by atoms with E-state index in [1.165, 1.54) is 0 Å². The van der Waals surface area contributed by atoms with E-state index in [-0.39, 0.29) is 0 Å². The van der Waals surface area contributed by atoms with Gasteiger partial charge in [-0.05, 0) is 13.8 Å². The van der Waals surface area contributed by atoms with Crippen molar-refractivity contribution in [2.75, 3.05) is 0 Å². The molecule has 0 aliphatic heterocycles. The molecule has 2 heteroatoms. The molecule has 1 N–H and O–H groups in total. The summed E-state index contributed by atoms with van der Waals surface area (Å²) in [6.07, 6.45) is 5.75. The molecule has 0 aliphatic rings. The highest BCUT2D eigenvalue weighted by atomic mass is 15.1. The van der Waals surface area contributed by atoms with Crippen LogP contribution in [0.15, 0.2) is 19.0 Å². The molecule has 1 heterocycles. The van der Waals surface area contributed by atoms with Gasteiger partial charge in [-0.25, -0.2) is 9.55 Å². The van der Waals surface area contributed by atoms with E-state index < -0.39 is 0 Å². The van der Waals surface area contributed by atoms with Gasteiger partial charge in [0.1, 0.15) is 12.4 Å². The number of hydrogen-bond donors (Lipinski definition) is 1. The van der Waals surface area contributed by atoms with Gasteiger partial charge in [0.2, 0.25) is 0 Å². The number of H-pyrrole nitrogens is 1. The Morgan fingerprint density at radius 2 is 2.40 bits per heavy atom. The second-order valence-corrected chi connectivity index (χ2v) is 2.55. The Kier molecular flexibility index (Phi) is 1.90. The maximum Gasteiger partial charge on any atom is 0.278 e. The van der Waals surface area contributed by atoms with Crippen LogP contribution in [0.5, 0.6) is 0 Å². The zero-order valence-corrected chi connectivity index (χ0v) is 6.46. The molecule has 0 atom stereocenters. The third-order valence-corrected chi connectivity index (χ3v) is 1.49. The SMILES string of the molecule is C=Cc1[nH]cc[n+]1C(C)C. The molecular formula is C8H13N2+. The zero-order valence-electron chi connectivity index (χ0n) is 6.46. The van der Waals surface area contributed by atoms with Gasteiger partial charge in [-0.3, -0.25) is 0 Å². The molecule has 1 aromatic heterocycles. The monoisotopic (exact) mass is 137 g/mol. The number of imidazole rings is 1. The topological polar surface area (TPSA) is 19.7 Å². The van der Waals surface area contributed by atoms with E-state index in [1.54, 1.807) is 0 Å². The number of hydrogen-bond acceptors (Lipinski definition) is 0. The van der Waals surface area contributed by atoms with Crippen molar-refractivity contribution in [1.29, 1.82) is 0 Å². The Morgan fingerprint density at radius 3 is 2.80 bits per heavy atom. The van der Waals surface area contributed by atoms with Gasteiger partial charge in [0.05, 0.1) is 6.04 Å². The average molecular weight is 137 g/mol. The molecule has 0 unspecified atom stereocenters. The molecule has 1 aromatic rings. The lowest BCUT2D eigenvalue weighted by molar-refractivity contribution is -0.716. The Bertz CT molecular complexity index is 223. The summed E-state index contributed by atoms with van der Waals surface area (Å²) in [6.45, 7) is 7.97. The number of aromatic amines is 1. The number of aromatic nitrogens is 2. The second-order valence-electron chi connectivity index (χ2n) is 2.55. The molecule has 0 radical (unpaired) electrons. The van der Waals surface area contributed by atoms with E-state index in [4.69, 9.17) is 0 Å². The fourth-order valence-electron chi connectivity index (χ4n) is 0.972. The first-order valence-electron chi connectivity index (χ1n) is 3.46. The average Bonchev–Trinajstić information content (AvgIpc) is 2.33. The molecule has 0 amide bonds. The van der Waals surface area contributed by atoms with Gasteiger partial charge in [-0.1, -0.05) is 6.58 Å². The molecule has 0 aromatic carbocycles. The minimum Gasteiger partial charge on any atom is -0.244 e. The molecule has 54 valence electrons. The van der Waals surface area contributed by atoms with Crippen molar-refractivity contribution in [3.05, 3.63) is 24.8 Å². The van der Waals surface area contributed by atoms with Crippen LogP contribution in [0.3, 0.4) is 0 Å². The van der Waals surface area contributed by atoms with Crippen LogP contribution in [0, 0.1) is 0 Å². The fraction of sp³-hybridized carbons (Fsp3) is 0.375. The predicted octanol–water partition coefficient (Wildman–Crippen LogP) is 1.53. The van der Waals surface area contributed by atoms with Crippen LogP contribution in [-0.2, 0) is 0 Å². The normalized spacial score (nSPS) is 10.3. The first kappa shape index (κ1) is 7.06. The molecule has 0 saturated heterocycles. The van der Waals surface area contributed by atoms with Gasteiger partial charge in [0.15, 0.2) is 0 Å². The molecule has 0 aliphatic carbocycles. The van der Waals surface area contributed by atoms with Crippen molar-refractivity contribution >= 4 is 6.08 Å². The molecule has 0 fully saturated rings. The highest BCUT2D eigenvalue weighted by molar-refractivity contribution is 5.31. The van der Waals surface area contributed by atoms with Crippen molar-refractivity contribution < 1.29 is 4.57 Å². The van der Waals surface area contributed by atoms with E-state index in [1.807, 2.05) is 18.5 Å². The largest absolute Gasteiger partial charge is 0.278 e. The second kappa shape index (κ2) is 2.69.